The highest BCUT2D eigenvalue weighted by Crippen LogP contribution is 2.34. The summed E-state index contributed by atoms with van der Waals surface area (Å²) in [7, 11) is 0.844. The van der Waals surface area contributed by atoms with Crippen molar-refractivity contribution in [2.24, 2.45) is 0 Å². The molecule has 1 unspecified atom stereocenters. The summed E-state index contributed by atoms with van der Waals surface area (Å²) < 4.78 is 5.64. The van der Waals surface area contributed by atoms with Gasteiger partial charge in [-0.05, 0) is 39.9 Å². The van der Waals surface area contributed by atoms with E-state index >= 15 is 0 Å². The first-order chi connectivity index (χ1) is 11.0. The van der Waals surface area contributed by atoms with Crippen molar-refractivity contribution in [3.63, 3.8) is 0 Å². The first kappa shape index (κ1) is 15.8. The van der Waals surface area contributed by atoms with Crippen LogP contribution in [-0.2, 0) is 16.0 Å². The first-order valence-corrected chi connectivity index (χ1v) is 10.2. The second kappa shape index (κ2) is 6.22. The van der Waals surface area contributed by atoms with E-state index in [1.165, 1.54) is 16.3 Å². The van der Waals surface area contributed by atoms with Gasteiger partial charge in [0.25, 0.3) is 5.91 Å². The highest BCUT2D eigenvalue weighted by Gasteiger charge is 2.28. The molecule has 117 valence electrons. The summed E-state index contributed by atoms with van der Waals surface area (Å²) in [5.74, 6) is -0.633. The standard InChI is InChI=1S/C19H20NO2Si/c1-22-16-11-10-15(19(20)21)17(18(16)23(2)3)14-9-5-7-12-6-4-8-13(12)14/h4-5,7-11,16,20H,6H2,1-3H3. The topological polar surface area (TPSA) is 50.1 Å². The molecule has 2 aliphatic carbocycles. The van der Waals surface area contributed by atoms with Gasteiger partial charge in [-0.15, -0.1) is 0 Å². The number of nitrogens with one attached hydrogen (secondary N) is 1. The lowest BCUT2D eigenvalue weighted by molar-refractivity contribution is -0.114. The summed E-state index contributed by atoms with van der Waals surface area (Å²) in [5.41, 5.74) is 12.6. The number of amides is 1. The number of methoxy groups -OCH3 is 1. The molecule has 3 rings (SSSR count). The Morgan fingerprint density at radius 1 is 1.30 bits per heavy atom. The molecule has 0 bridgehead atoms. The van der Waals surface area contributed by atoms with Gasteiger partial charge in [-0.1, -0.05) is 49.5 Å². The molecule has 0 spiro atoms. The molecule has 1 aromatic rings. The predicted octanol–water partition coefficient (Wildman–Crippen LogP) is 2.91. The van der Waals surface area contributed by atoms with Gasteiger partial charge in [0.2, 0.25) is 0 Å². The molecule has 0 aliphatic heterocycles. The number of carbonyl (C=O) groups is 1. The van der Waals surface area contributed by atoms with E-state index in [2.05, 4.69) is 37.4 Å². The molecule has 3 nitrogen and oxygen atoms in total. The molecule has 4 heteroatoms. The number of hydrogen-bond donors (Lipinski definition) is 0. The third kappa shape index (κ3) is 2.68. The van der Waals surface area contributed by atoms with Crippen molar-refractivity contribution in [3.8, 4) is 0 Å². The fourth-order valence-corrected chi connectivity index (χ4v) is 4.92. The van der Waals surface area contributed by atoms with Crippen LogP contribution in [0.4, 0.5) is 0 Å². The number of ether oxygens (including phenoxy) is 1. The molecule has 23 heavy (non-hydrogen) atoms. The van der Waals surface area contributed by atoms with Crippen molar-refractivity contribution < 1.29 is 9.53 Å². The van der Waals surface area contributed by atoms with E-state index < -0.39 is 14.3 Å². The normalized spacial score (nSPS) is 19.3. The molecule has 0 saturated carbocycles. The van der Waals surface area contributed by atoms with Gasteiger partial charge in [-0.2, -0.15) is 0 Å². The third-order valence-corrected chi connectivity index (χ3v) is 6.00. The molecule has 0 aromatic heterocycles. The quantitative estimate of drug-likeness (QED) is 0.803. The Morgan fingerprint density at radius 2 is 2.09 bits per heavy atom. The third-order valence-electron chi connectivity index (χ3n) is 4.39. The van der Waals surface area contributed by atoms with E-state index in [0.29, 0.717) is 5.57 Å². The van der Waals surface area contributed by atoms with Crippen molar-refractivity contribution in [3.05, 3.63) is 58.7 Å². The lowest BCUT2D eigenvalue weighted by Crippen LogP contribution is -2.32. The minimum atomic E-state index is -0.850. The Kier molecular flexibility index (Phi) is 4.28. The van der Waals surface area contributed by atoms with Gasteiger partial charge in [0.15, 0.2) is 0 Å². The second-order valence-electron chi connectivity index (χ2n) is 6.03. The molecule has 1 N–H and O–H groups in total. The molecular formula is C19H20NO2Si. The molecule has 1 aromatic carbocycles. The number of benzene rings is 1. The Bertz CT molecular complexity index is 796. The lowest BCUT2D eigenvalue weighted by Gasteiger charge is -2.27. The van der Waals surface area contributed by atoms with Crippen LogP contribution in [0.3, 0.4) is 0 Å². The largest absolute Gasteiger partial charge is 0.373 e. The Morgan fingerprint density at radius 3 is 2.74 bits per heavy atom. The smallest absolute Gasteiger partial charge is 0.270 e. The zero-order valence-corrected chi connectivity index (χ0v) is 14.6. The monoisotopic (exact) mass is 322 g/mol. The number of allylic oxidation sites excluding steroid dienone is 1. The van der Waals surface area contributed by atoms with Crippen LogP contribution in [0.5, 0.6) is 0 Å². The maximum atomic E-state index is 11.9. The highest BCUT2D eigenvalue weighted by molar-refractivity contribution is 6.78. The maximum absolute atomic E-state index is 11.9. The molecule has 1 amide bonds. The van der Waals surface area contributed by atoms with Gasteiger partial charge in [0.05, 0.1) is 6.10 Å². The van der Waals surface area contributed by atoms with Crippen LogP contribution in [0.15, 0.2) is 42.0 Å². The summed E-state index contributed by atoms with van der Waals surface area (Å²) in [5, 5.41) is 1.17. The van der Waals surface area contributed by atoms with Crippen LogP contribution in [0.25, 0.3) is 11.6 Å². The molecular weight excluding hydrogens is 302 g/mol. The molecule has 1 atom stereocenters. The molecule has 0 saturated heterocycles. The second-order valence-corrected chi connectivity index (χ2v) is 8.57. The van der Waals surface area contributed by atoms with Gasteiger partial charge in [0, 0.05) is 21.1 Å². The maximum Gasteiger partial charge on any atom is 0.270 e. The van der Waals surface area contributed by atoms with Crippen molar-refractivity contribution in [2.75, 3.05) is 7.11 Å². The predicted molar refractivity (Wildman–Crippen MR) is 96.6 cm³/mol. The molecule has 0 heterocycles. The van der Waals surface area contributed by atoms with Crippen molar-refractivity contribution in [1.82, 2.24) is 5.73 Å². The zero-order valence-electron chi connectivity index (χ0n) is 13.6. The van der Waals surface area contributed by atoms with E-state index in [9.17, 15) is 4.79 Å². The fraction of sp³-hybridized carbons (Fsp3) is 0.263. The van der Waals surface area contributed by atoms with E-state index in [4.69, 9.17) is 10.5 Å². The first-order valence-electron chi connectivity index (χ1n) is 7.72. The summed E-state index contributed by atoms with van der Waals surface area (Å²) in [6.07, 6.45) is 8.74. The van der Waals surface area contributed by atoms with Gasteiger partial charge >= 0.3 is 0 Å². The molecule has 2 aliphatic rings. The Balaban J connectivity index is 2.33. The van der Waals surface area contributed by atoms with E-state index in [1.807, 2.05) is 12.1 Å². The van der Waals surface area contributed by atoms with E-state index in [1.54, 1.807) is 13.2 Å². The number of carbonyl (C=O) groups excluding carboxylic acids is 1. The minimum absolute atomic E-state index is 0.113. The number of fused-ring (bicyclic) bond motifs is 1. The van der Waals surface area contributed by atoms with Crippen molar-refractivity contribution in [2.45, 2.75) is 25.6 Å². The van der Waals surface area contributed by atoms with Gasteiger partial charge in [0.1, 0.15) is 0 Å². The van der Waals surface area contributed by atoms with Gasteiger partial charge in [-0.3, -0.25) is 10.5 Å². The summed E-state index contributed by atoms with van der Waals surface area (Å²) in [4.78, 5) is 11.9. The summed E-state index contributed by atoms with van der Waals surface area (Å²) in [6.45, 7) is 4.41. The average Bonchev–Trinajstić information content (AvgIpc) is 3.01. The zero-order chi connectivity index (χ0) is 16.6. The van der Waals surface area contributed by atoms with Crippen LogP contribution >= 0.6 is 0 Å². The number of rotatable bonds is 3. The SMILES string of the molecule is COC1C=CC(C([NH])=O)=C(c2cccc3c2C=CC3)C1=[Si](C)C. The van der Waals surface area contributed by atoms with Crippen LogP contribution in [-0.4, -0.2) is 32.7 Å². The highest BCUT2D eigenvalue weighted by atomic mass is 28.2. The molecule has 1 radical (unpaired) electrons. The van der Waals surface area contributed by atoms with E-state index in [-0.39, 0.29) is 6.10 Å². The average molecular weight is 322 g/mol. The fourth-order valence-electron chi connectivity index (χ4n) is 3.37. The number of hydrogen-bond acceptors (Lipinski definition) is 2. The molecule has 0 fully saturated rings. The van der Waals surface area contributed by atoms with Crippen LogP contribution < -0.4 is 5.73 Å². The minimum Gasteiger partial charge on any atom is -0.373 e. The van der Waals surface area contributed by atoms with Crippen molar-refractivity contribution >= 4 is 31.1 Å². The summed E-state index contributed by atoms with van der Waals surface area (Å²) in [6, 6.07) is 6.22. The van der Waals surface area contributed by atoms with E-state index in [0.717, 1.165) is 17.6 Å². The van der Waals surface area contributed by atoms with Crippen LogP contribution in [0.1, 0.15) is 16.7 Å². The van der Waals surface area contributed by atoms with Crippen LogP contribution in [0.2, 0.25) is 13.1 Å². The lowest BCUT2D eigenvalue weighted by atomic mass is 9.86. The Hall–Kier alpha value is -2.04. The van der Waals surface area contributed by atoms with Crippen LogP contribution in [0, 0.1) is 0 Å². The van der Waals surface area contributed by atoms with Gasteiger partial charge in [-0.25, -0.2) is 0 Å². The van der Waals surface area contributed by atoms with Gasteiger partial charge < -0.3 is 4.74 Å². The summed E-state index contributed by atoms with van der Waals surface area (Å²) >= 11 is 0. The Labute approximate surface area is 138 Å². The van der Waals surface area contributed by atoms with Crippen molar-refractivity contribution in [1.29, 1.82) is 0 Å².